The molecule has 0 unspecified atom stereocenters. The number of ether oxygens (including phenoxy) is 1. The van der Waals surface area contributed by atoms with Crippen molar-refractivity contribution in [2.75, 3.05) is 7.11 Å². The number of carbonyl (C=O) groups is 2. The van der Waals surface area contributed by atoms with E-state index in [0.29, 0.717) is 12.3 Å². The van der Waals surface area contributed by atoms with E-state index in [9.17, 15) is 9.59 Å². The van der Waals surface area contributed by atoms with Crippen molar-refractivity contribution in [3.05, 3.63) is 0 Å². The van der Waals surface area contributed by atoms with E-state index in [1.54, 1.807) is 0 Å². The van der Waals surface area contributed by atoms with Gasteiger partial charge in [-0.15, -0.1) is 0 Å². The number of rotatable bonds is 6. The predicted molar refractivity (Wildman–Crippen MR) is 70.0 cm³/mol. The first-order valence-corrected chi connectivity index (χ1v) is 6.95. The number of hydrogen-bond acceptors (Lipinski definition) is 3. The van der Waals surface area contributed by atoms with Crippen molar-refractivity contribution in [3.63, 3.8) is 0 Å². The molecule has 0 bridgehead atoms. The summed E-state index contributed by atoms with van der Waals surface area (Å²) in [4.78, 5) is 23.6. The van der Waals surface area contributed by atoms with Gasteiger partial charge in [-0.3, -0.25) is 4.79 Å². The molecule has 4 nitrogen and oxygen atoms in total. The second-order valence-corrected chi connectivity index (χ2v) is 5.31. The van der Waals surface area contributed by atoms with Crippen molar-refractivity contribution in [3.8, 4) is 0 Å². The Morgan fingerprint density at radius 2 is 1.94 bits per heavy atom. The van der Waals surface area contributed by atoms with E-state index in [-0.39, 0.29) is 17.8 Å². The molecular weight excluding hydrogens is 230 g/mol. The Morgan fingerprint density at radius 3 is 2.44 bits per heavy atom. The monoisotopic (exact) mass is 255 g/mol. The Balaban J connectivity index is 2.48. The highest BCUT2D eigenvalue weighted by Crippen LogP contribution is 2.27. The van der Waals surface area contributed by atoms with Gasteiger partial charge in [0, 0.05) is 6.42 Å². The highest BCUT2D eigenvalue weighted by Gasteiger charge is 2.28. The molecular formula is C14H25NO3. The van der Waals surface area contributed by atoms with Crippen LogP contribution >= 0.6 is 0 Å². The molecule has 18 heavy (non-hydrogen) atoms. The number of hydrogen-bond donors (Lipinski definition) is 1. The van der Waals surface area contributed by atoms with Crippen LogP contribution in [0.15, 0.2) is 0 Å². The summed E-state index contributed by atoms with van der Waals surface area (Å²) in [5, 5.41) is 2.83. The van der Waals surface area contributed by atoms with Crippen molar-refractivity contribution in [1.82, 2.24) is 5.32 Å². The van der Waals surface area contributed by atoms with Crippen LogP contribution < -0.4 is 5.32 Å². The first-order valence-electron chi connectivity index (χ1n) is 6.95. The van der Waals surface area contributed by atoms with Gasteiger partial charge in [0.15, 0.2) is 0 Å². The number of esters is 1. The van der Waals surface area contributed by atoms with Gasteiger partial charge >= 0.3 is 5.97 Å². The molecule has 4 heteroatoms. The van der Waals surface area contributed by atoms with Crippen molar-refractivity contribution in [1.29, 1.82) is 0 Å². The zero-order valence-corrected chi connectivity index (χ0v) is 11.7. The Morgan fingerprint density at radius 1 is 1.33 bits per heavy atom. The molecule has 104 valence electrons. The normalized spacial score (nSPS) is 19.3. The van der Waals surface area contributed by atoms with Gasteiger partial charge in [0.2, 0.25) is 5.91 Å². The van der Waals surface area contributed by atoms with Crippen LogP contribution in [-0.2, 0) is 14.3 Å². The molecule has 0 aromatic heterocycles. The van der Waals surface area contributed by atoms with E-state index in [0.717, 1.165) is 19.3 Å². The van der Waals surface area contributed by atoms with Crippen LogP contribution in [0.25, 0.3) is 0 Å². The maximum Gasteiger partial charge on any atom is 0.328 e. The SMILES string of the molecule is CC[C@H](C)[C@H](NC(=O)CC1CCCC1)C(=O)OC. The molecule has 0 aromatic carbocycles. The fourth-order valence-corrected chi connectivity index (χ4v) is 2.51. The fraction of sp³-hybridized carbons (Fsp3) is 0.857. The van der Waals surface area contributed by atoms with Gasteiger partial charge in [-0.25, -0.2) is 4.79 Å². The molecule has 1 saturated carbocycles. The highest BCUT2D eigenvalue weighted by molar-refractivity contribution is 5.84. The fourth-order valence-electron chi connectivity index (χ4n) is 2.51. The summed E-state index contributed by atoms with van der Waals surface area (Å²) >= 11 is 0. The smallest absolute Gasteiger partial charge is 0.328 e. The first kappa shape index (κ1) is 15.0. The average molecular weight is 255 g/mol. The van der Waals surface area contributed by atoms with Crippen LogP contribution in [0.5, 0.6) is 0 Å². The Kier molecular flexibility index (Phi) is 6.16. The molecule has 1 aliphatic rings. The minimum absolute atomic E-state index is 0.0161. The Bertz CT molecular complexity index is 285. The lowest BCUT2D eigenvalue weighted by Gasteiger charge is -2.22. The molecule has 0 heterocycles. The minimum Gasteiger partial charge on any atom is -0.467 e. The van der Waals surface area contributed by atoms with E-state index in [1.807, 2.05) is 13.8 Å². The third kappa shape index (κ3) is 4.31. The van der Waals surface area contributed by atoms with Gasteiger partial charge in [0.05, 0.1) is 7.11 Å². The molecule has 0 aromatic rings. The van der Waals surface area contributed by atoms with Gasteiger partial charge in [-0.2, -0.15) is 0 Å². The molecule has 1 rings (SSSR count). The van der Waals surface area contributed by atoms with E-state index >= 15 is 0 Å². The number of nitrogens with one attached hydrogen (secondary N) is 1. The first-order chi connectivity index (χ1) is 8.58. The Hall–Kier alpha value is -1.06. The van der Waals surface area contributed by atoms with Gasteiger partial charge in [0.25, 0.3) is 0 Å². The zero-order chi connectivity index (χ0) is 13.5. The zero-order valence-electron chi connectivity index (χ0n) is 11.7. The molecule has 1 amide bonds. The lowest BCUT2D eigenvalue weighted by molar-refractivity contribution is -0.146. The summed E-state index contributed by atoms with van der Waals surface area (Å²) < 4.78 is 4.75. The second kappa shape index (κ2) is 7.39. The Labute approximate surface area is 109 Å². The lowest BCUT2D eigenvalue weighted by Crippen LogP contribution is -2.46. The largest absolute Gasteiger partial charge is 0.467 e. The standard InChI is InChI=1S/C14H25NO3/c1-4-10(2)13(14(17)18-3)15-12(16)9-11-7-5-6-8-11/h10-11,13H,4-9H2,1-3H3,(H,15,16)/t10-,13-/m0/s1. The lowest BCUT2D eigenvalue weighted by atomic mass is 9.98. The van der Waals surface area contributed by atoms with Gasteiger partial charge in [0.1, 0.15) is 6.04 Å². The second-order valence-electron chi connectivity index (χ2n) is 5.31. The third-order valence-electron chi connectivity index (χ3n) is 3.93. The molecule has 2 atom stereocenters. The topological polar surface area (TPSA) is 55.4 Å². The molecule has 1 aliphatic carbocycles. The van der Waals surface area contributed by atoms with Gasteiger partial charge in [-0.1, -0.05) is 33.1 Å². The van der Waals surface area contributed by atoms with Crippen molar-refractivity contribution >= 4 is 11.9 Å². The quantitative estimate of drug-likeness (QED) is 0.741. The molecule has 0 spiro atoms. The van der Waals surface area contributed by atoms with Crippen molar-refractivity contribution in [2.24, 2.45) is 11.8 Å². The van der Waals surface area contributed by atoms with Crippen LogP contribution in [-0.4, -0.2) is 25.0 Å². The van der Waals surface area contributed by atoms with E-state index in [2.05, 4.69) is 5.32 Å². The predicted octanol–water partition coefficient (Wildman–Crippen LogP) is 2.27. The third-order valence-corrected chi connectivity index (χ3v) is 3.93. The summed E-state index contributed by atoms with van der Waals surface area (Å²) in [5.74, 6) is 0.243. The molecule has 0 radical (unpaired) electrons. The molecule has 1 N–H and O–H groups in total. The van der Waals surface area contributed by atoms with Crippen LogP contribution in [0.2, 0.25) is 0 Å². The minimum atomic E-state index is -0.506. The number of carbonyl (C=O) groups excluding carboxylic acids is 2. The number of amides is 1. The van der Waals surface area contributed by atoms with Crippen molar-refractivity contribution < 1.29 is 14.3 Å². The van der Waals surface area contributed by atoms with E-state index < -0.39 is 6.04 Å². The van der Waals surface area contributed by atoms with Crippen LogP contribution in [0.1, 0.15) is 52.4 Å². The summed E-state index contributed by atoms with van der Waals surface area (Å²) in [6.07, 6.45) is 6.11. The van der Waals surface area contributed by atoms with E-state index in [1.165, 1.54) is 20.0 Å². The summed E-state index contributed by atoms with van der Waals surface area (Å²) in [5.41, 5.74) is 0. The van der Waals surface area contributed by atoms with E-state index in [4.69, 9.17) is 4.74 Å². The van der Waals surface area contributed by atoms with Gasteiger partial charge in [-0.05, 0) is 24.7 Å². The maximum atomic E-state index is 11.9. The molecule has 1 fully saturated rings. The highest BCUT2D eigenvalue weighted by atomic mass is 16.5. The average Bonchev–Trinajstić information content (AvgIpc) is 2.86. The maximum absolute atomic E-state index is 11.9. The van der Waals surface area contributed by atoms with Crippen molar-refractivity contribution in [2.45, 2.75) is 58.4 Å². The van der Waals surface area contributed by atoms with Crippen LogP contribution in [0, 0.1) is 11.8 Å². The summed E-state index contributed by atoms with van der Waals surface area (Å²) in [6, 6.07) is -0.506. The van der Waals surface area contributed by atoms with Gasteiger partial charge < -0.3 is 10.1 Å². The molecule has 0 aliphatic heterocycles. The number of methoxy groups -OCH3 is 1. The summed E-state index contributed by atoms with van der Waals surface area (Å²) in [7, 11) is 1.36. The summed E-state index contributed by atoms with van der Waals surface area (Å²) in [6.45, 7) is 3.96. The van der Waals surface area contributed by atoms with Crippen LogP contribution in [0.4, 0.5) is 0 Å². The molecule has 0 saturated heterocycles. The van der Waals surface area contributed by atoms with Crippen LogP contribution in [0.3, 0.4) is 0 Å².